The van der Waals surface area contributed by atoms with Gasteiger partial charge in [-0.05, 0) is 44.0 Å². The van der Waals surface area contributed by atoms with Gasteiger partial charge in [0.25, 0.3) is 0 Å². The standard InChI is InChI=1S/C20H21FN2O2S/c1-15-6-10-19(11-7-15)26(24,25)23(18-4-2-3-5-18)14-17-9-8-16(13-22)12-20(17)21/h6-12,18H,2-5,14H2,1H3. The van der Waals surface area contributed by atoms with Gasteiger partial charge in [-0.2, -0.15) is 9.57 Å². The van der Waals surface area contributed by atoms with Crippen molar-refractivity contribution in [2.45, 2.75) is 50.1 Å². The molecule has 2 aromatic rings. The van der Waals surface area contributed by atoms with Crippen molar-refractivity contribution in [2.75, 3.05) is 0 Å². The fourth-order valence-electron chi connectivity index (χ4n) is 3.36. The van der Waals surface area contributed by atoms with Crippen LogP contribution in [0.5, 0.6) is 0 Å². The van der Waals surface area contributed by atoms with Gasteiger partial charge in [0.2, 0.25) is 10.0 Å². The topological polar surface area (TPSA) is 61.2 Å². The third kappa shape index (κ3) is 3.79. The highest BCUT2D eigenvalue weighted by Crippen LogP contribution is 2.31. The van der Waals surface area contributed by atoms with Crippen LogP contribution in [0.3, 0.4) is 0 Å². The number of sulfonamides is 1. The molecule has 3 rings (SSSR count). The number of rotatable bonds is 5. The van der Waals surface area contributed by atoms with E-state index in [4.69, 9.17) is 5.26 Å². The van der Waals surface area contributed by atoms with Crippen molar-refractivity contribution < 1.29 is 12.8 Å². The van der Waals surface area contributed by atoms with E-state index in [1.54, 1.807) is 24.3 Å². The summed E-state index contributed by atoms with van der Waals surface area (Å²) in [5.41, 5.74) is 1.49. The van der Waals surface area contributed by atoms with Crippen LogP contribution in [-0.4, -0.2) is 18.8 Å². The van der Waals surface area contributed by atoms with Gasteiger partial charge in [0.15, 0.2) is 0 Å². The molecule has 0 saturated heterocycles. The molecule has 0 aromatic heterocycles. The third-order valence-electron chi connectivity index (χ3n) is 4.87. The number of benzene rings is 2. The zero-order valence-electron chi connectivity index (χ0n) is 14.7. The average Bonchev–Trinajstić information content (AvgIpc) is 3.15. The fourth-order valence-corrected chi connectivity index (χ4v) is 5.02. The molecular formula is C20H21FN2O2S. The highest BCUT2D eigenvalue weighted by atomic mass is 32.2. The minimum absolute atomic E-state index is 0.0293. The lowest BCUT2D eigenvalue weighted by Crippen LogP contribution is -2.38. The van der Waals surface area contributed by atoms with Gasteiger partial charge in [0, 0.05) is 18.2 Å². The van der Waals surface area contributed by atoms with Crippen LogP contribution in [0.1, 0.15) is 42.4 Å². The van der Waals surface area contributed by atoms with Crippen molar-refractivity contribution in [3.63, 3.8) is 0 Å². The molecule has 6 heteroatoms. The predicted octanol–water partition coefficient (Wildman–Crippen LogP) is 4.14. The van der Waals surface area contributed by atoms with Crippen molar-refractivity contribution in [1.29, 1.82) is 5.26 Å². The van der Waals surface area contributed by atoms with Gasteiger partial charge in [-0.15, -0.1) is 0 Å². The number of nitrogens with zero attached hydrogens (tertiary/aromatic N) is 2. The van der Waals surface area contributed by atoms with Crippen LogP contribution in [0.25, 0.3) is 0 Å². The first-order chi connectivity index (χ1) is 12.4. The summed E-state index contributed by atoms with van der Waals surface area (Å²) in [6.45, 7) is 1.87. The Morgan fingerprint density at radius 1 is 1.15 bits per heavy atom. The fraction of sp³-hybridized carbons (Fsp3) is 0.350. The Labute approximate surface area is 153 Å². The molecule has 1 saturated carbocycles. The van der Waals surface area contributed by atoms with E-state index in [2.05, 4.69) is 0 Å². The second-order valence-electron chi connectivity index (χ2n) is 6.72. The zero-order chi connectivity index (χ0) is 18.7. The quantitative estimate of drug-likeness (QED) is 0.792. The molecule has 0 spiro atoms. The van der Waals surface area contributed by atoms with Gasteiger partial charge >= 0.3 is 0 Å². The molecule has 1 aliphatic carbocycles. The zero-order valence-corrected chi connectivity index (χ0v) is 15.5. The molecule has 26 heavy (non-hydrogen) atoms. The number of aryl methyl sites for hydroxylation is 1. The van der Waals surface area contributed by atoms with Gasteiger partial charge in [0.1, 0.15) is 5.82 Å². The molecule has 136 valence electrons. The maximum Gasteiger partial charge on any atom is 0.243 e. The first kappa shape index (κ1) is 18.6. The van der Waals surface area contributed by atoms with Gasteiger partial charge in [-0.1, -0.05) is 36.6 Å². The number of hydrogen-bond donors (Lipinski definition) is 0. The third-order valence-corrected chi connectivity index (χ3v) is 6.78. The largest absolute Gasteiger partial charge is 0.243 e. The summed E-state index contributed by atoms with van der Waals surface area (Å²) in [6.07, 6.45) is 3.51. The Morgan fingerprint density at radius 3 is 2.38 bits per heavy atom. The summed E-state index contributed by atoms with van der Waals surface area (Å²) in [5.74, 6) is -0.550. The SMILES string of the molecule is Cc1ccc(S(=O)(=O)N(Cc2ccc(C#N)cc2F)C2CCCC2)cc1. The lowest BCUT2D eigenvalue weighted by molar-refractivity contribution is 0.312. The van der Waals surface area contributed by atoms with E-state index in [1.165, 1.54) is 16.4 Å². The van der Waals surface area contributed by atoms with Gasteiger partial charge in [-0.3, -0.25) is 0 Å². The molecule has 0 N–H and O–H groups in total. The molecule has 0 bridgehead atoms. The van der Waals surface area contributed by atoms with Gasteiger partial charge < -0.3 is 0 Å². The molecule has 0 radical (unpaired) electrons. The molecule has 0 atom stereocenters. The maximum absolute atomic E-state index is 14.4. The highest BCUT2D eigenvalue weighted by Gasteiger charge is 2.33. The second kappa shape index (κ2) is 7.56. The van der Waals surface area contributed by atoms with Crippen LogP contribution >= 0.6 is 0 Å². The molecule has 4 nitrogen and oxygen atoms in total. The lowest BCUT2D eigenvalue weighted by atomic mass is 10.1. The summed E-state index contributed by atoms with van der Waals surface area (Å²) >= 11 is 0. The summed E-state index contributed by atoms with van der Waals surface area (Å²) in [5, 5.41) is 8.88. The molecular weight excluding hydrogens is 351 g/mol. The molecule has 0 heterocycles. The minimum Gasteiger partial charge on any atom is -0.207 e. The monoisotopic (exact) mass is 372 g/mol. The molecule has 2 aromatic carbocycles. The first-order valence-corrected chi connectivity index (χ1v) is 10.1. The Hall–Kier alpha value is -2.23. The normalized spacial score (nSPS) is 15.3. The molecule has 0 amide bonds. The second-order valence-corrected chi connectivity index (χ2v) is 8.61. The lowest BCUT2D eigenvalue weighted by Gasteiger charge is -2.28. The van der Waals surface area contributed by atoms with Gasteiger partial charge in [0.05, 0.1) is 16.5 Å². The summed E-state index contributed by atoms with van der Waals surface area (Å²) < 4.78 is 42.2. The van der Waals surface area contributed by atoms with Crippen molar-refractivity contribution in [3.8, 4) is 6.07 Å². The highest BCUT2D eigenvalue weighted by molar-refractivity contribution is 7.89. The summed E-state index contributed by atoms with van der Waals surface area (Å²) in [6, 6.07) is 12.7. The molecule has 0 aliphatic heterocycles. The van der Waals surface area contributed by atoms with Crippen molar-refractivity contribution >= 4 is 10.0 Å². The first-order valence-electron chi connectivity index (χ1n) is 8.69. The van der Waals surface area contributed by atoms with E-state index in [0.29, 0.717) is 0 Å². The maximum atomic E-state index is 14.4. The van der Waals surface area contributed by atoms with Crippen LogP contribution < -0.4 is 0 Å². The van der Waals surface area contributed by atoms with Crippen molar-refractivity contribution in [1.82, 2.24) is 4.31 Å². The molecule has 1 aliphatic rings. The minimum atomic E-state index is -3.73. The van der Waals surface area contributed by atoms with E-state index in [-0.39, 0.29) is 28.6 Å². The van der Waals surface area contributed by atoms with Crippen molar-refractivity contribution in [3.05, 3.63) is 65.0 Å². The summed E-state index contributed by atoms with van der Waals surface area (Å²) in [4.78, 5) is 0.226. The van der Waals surface area contributed by atoms with Crippen LogP contribution in [0.4, 0.5) is 4.39 Å². The Morgan fingerprint density at radius 2 is 1.81 bits per heavy atom. The molecule has 1 fully saturated rings. The van der Waals surface area contributed by atoms with E-state index < -0.39 is 15.8 Å². The number of nitriles is 1. The van der Waals surface area contributed by atoms with E-state index in [9.17, 15) is 12.8 Å². The number of hydrogen-bond acceptors (Lipinski definition) is 3. The van der Waals surface area contributed by atoms with Crippen LogP contribution in [0.15, 0.2) is 47.4 Å². The van der Waals surface area contributed by atoms with E-state index in [0.717, 1.165) is 37.3 Å². The van der Waals surface area contributed by atoms with E-state index in [1.807, 2.05) is 13.0 Å². The smallest absolute Gasteiger partial charge is 0.207 e. The van der Waals surface area contributed by atoms with Crippen LogP contribution in [0.2, 0.25) is 0 Å². The summed E-state index contributed by atoms with van der Waals surface area (Å²) in [7, 11) is -3.73. The van der Waals surface area contributed by atoms with Gasteiger partial charge in [-0.25, -0.2) is 12.8 Å². The number of halogens is 1. The van der Waals surface area contributed by atoms with E-state index >= 15 is 0 Å². The Bertz CT molecular complexity index is 927. The molecule has 0 unspecified atom stereocenters. The van der Waals surface area contributed by atoms with Crippen LogP contribution in [0, 0.1) is 24.1 Å². The predicted molar refractivity (Wildman–Crippen MR) is 97.3 cm³/mol. The van der Waals surface area contributed by atoms with Crippen molar-refractivity contribution in [2.24, 2.45) is 0 Å². The Kier molecular flexibility index (Phi) is 5.40. The van der Waals surface area contributed by atoms with Crippen LogP contribution in [-0.2, 0) is 16.6 Å². The average molecular weight is 372 g/mol. The Balaban J connectivity index is 1.98.